The molecule has 0 aliphatic heterocycles. The van der Waals surface area contributed by atoms with Crippen LogP contribution in [0.3, 0.4) is 0 Å². The molecule has 0 saturated carbocycles. The number of ether oxygens (including phenoxy) is 2. The van der Waals surface area contributed by atoms with E-state index in [1.54, 1.807) is 14.0 Å². The van der Waals surface area contributed by atoms with Crippen LogP contribution in [0.15, 0.2) is 18.2 Å². The van der Waals surface area contributed by atoms with Crippen molar-refractivity contribution >= 4 is 11.7 Å². The normalized spacial score (nSPS) is 13.3. The summed E-state index contributed by atoms with van der Waals surface area (Å²) in [7, 11) is 2.90. The van der Waals surface area contributed by atoms with Crippen molar-refractivity contribution in [3.63, 3.8) is 0 Å². The van der Waals surface area contributed by atoms with E-state index in [0.29, 0.717) is 0 Å². The van der Waals surface area contributed by atoms with Crippen molar-refractivity contribution in [1.82, 2.24) is 5.32 Å². The molecule has 0 bridgehead atoms. The lowest BCUT2D eigenvalue weighted by atomic mass is 9.99. The van der Waals surface area contributed by atoms with Gasteiger partial charge in [0.2, 0.25) is 5.82 Å². The highest BCUT2D eigenvalue weighted by Crippen LogP contribution is 2.23. The molecule has 1 N–H and O–H groups in total. The molecule has 7 nitrogen and oxygen atoms in total. The van der Waals surface area contributed by atoms with Gasteiger partial charge < -0.3 is 14.8 Å². The molecule has 21 heavy (non-hydrogen) atoms. The third-order valence-electron chi connectivity index (χ3n) is 3.17. The number of rotatable bonds is 7. The van der Waals surface area contributed by atoms with Crippen molar-refractivity contribution in [2.24, 2.45) is 0 Å². The molecule has 0 amide bonds. The summed E-state index contributed by atoms with van der Waals surface area (Å²) in [5.41, 5.74) is -1.54. The summed E-state index contributed by atoms with van der Waals surface area (Å²) in [6, 6.07) is 3.27. The molecule has 0 spiro atoms. The zero-order valence-corrected chi connectivity index (χ0v) is 12.0. The highest BCUT2D eigenvalue weighted by atomic mass is 19.1. The molecule has 116 valence electrons. The number of carbonyl (C=O) groups excluding carboxylic acids is 1. The fourth-order valence-corrected chi connectivity index (χ4v) is 1.65. The Morgan fingerprint density at radius 3 is 2.67 bits per heavy atom. The monoisotopic (exact) mass is 300 g/mol. The van der Waals surface area contributed by atoms with E-state index in [1.807, 2.05) is 0 Å². The number of esters is 1. The Labute approximate surface area is 121 Å². The predicted molar refractivity (Wildman–Crippen MR) is 72.6 cm³/mol. The smallest absolute Gasteiger partial charge is 0.325 e. The minimum Gasteiger partial charge on any atom is -0.493 e. The molecule has 0 heterocycles. The first kappa shape index (κ1) is 16.8. The van der Waals surface area contributed by atoms with E-state index >= 15 is 0 Å². The highest BCUT2D eigenvalue weighted by Gasteiger charge is 2.32. The molecule has 0 saturated heterocycles. The van der Waals surface area contributed by atoms with E-state index in [2.05, 4.69) is 10.1 Å². The Kier molecular flexibility index (Phi) is 5.60. The molecule has 0 radical (unpaired) electrons. The Morgan fingerprint density at radius 1 is 1.52 bits per heavy atom. The van der Waals surface area contributed by atoms with Crippen LogP contribution in [0.1, 0.15) is 13.3 Å². The maximum absolute atomic E-state index is 13.4. The third kappa shape index (κ3) is 4.12. The number of nitro benzene ring substituents is 1. The number of nitro groups is 1. The Balaban J connectivity index is 2.66. The van der Waals surface area contributed by atoms with Crippen molar-refractivity contribution in [2.75, 3.05) is 20.8 Å². The van der Waals surface area contributed by atoms with Gasteiger partial charge in [-0.15, -0.1) is 0 Å². The summed E-state index contributed by atoms with van der Waals surface area (Å²) >= 11 is 0. The van der Waals surface area contributed by atoms with Crippen LogP contribution < -0.4 is 10.1 Å². The maximum Gasteiger partial charge on any atom is 0.325 e. The largest absolute Gasteiger partial charge is 0.493 e. The minimum atomic E-state index is -0.971. The van der Waals surface area contributed by atoms with Crippen molar-refractivity contribution in [2.45, 2.75) is 18.9 Å². The van der Waals surface area contributed by atoms with Gasteiger partial charge in [-0.25, -0.2) is 0 Å². The van der Waals surface area contributed by atoms with E-state index < -0.39 is 27.9 Å². The summed E-state index contributed by atoms with van der Waals surface area (Å²) in [5.74, 6) is -1.26. The standard InChI is InChI=1S/C13H17FN2O5/c1-13(15-2,12(17)20-3)6-7-21-9-4-5-11(16(18)19)10(14)8-9/h4-5,8,15H,6-7H2,1-3H3. The quantitative estimate of drug-likeness (QED) is 0.468. The van der Waals surface area contributed by atoms with Crippen LogP contribution in [-0.4, -0.2) is 37.2 Å². The fraction of sp³-hybridized carbons (Fsp3) is 0.462. The number of hydrogen-bond acceptors (Lipinski definition) is 6. The number of benzene rings is 1. The van der Waals surface area contributed by atoms with Crippen LogP contribution in [0.5, 0.6) is 5.75 Å². The molecule has 8 heteroatoms. The molecule has 1 rings (SSSR count). The molecule has 0 aromatic heterocycles. The predicted octanol–water partition coefficient (Wildman–Crippen LogP) is 1.65. The summed E-state index contributed by atoms with van der Waals surface area (Å²) in [4.78, 5) is 21.3. The van der Waals surface area contributed by atoms with Crippen LogP contribution >= 0.6 is 0 Å². The maximum atomic E-state index is 13.4. The van der Waals surface area contributed by atoms with Gasteiger partial charge in [-0.05, 0) is 20.0 Å². The van der Waals surface area contributed by atoms with Gasteiger partial charge in [0.1, 0.15) is 11.3 Å². The lowest BCUT2D eigenvalue weighted by Gasteiger charge is -2.25. The summed E-state index contributed by atoms with van der Waals surface area (Å²) in [6.07, 6.45) is 0.286. The van der Waals surface area contributed by atoms with E-state index in [-0.39, 0.29) is 18.8 Å². The molecular weight excluding hydrogens is 283 g/mol. The first-order valence-corrected chi connectivity index (χ1v) is 6.18. The number of hydrogen-bond donors (Lipinski definition) is 1. The Morgan fingerprint density at radius 2 is 2.19 bits per heavy atom. The van der Waals surface area contributed by atoms with E-state index in [0.717, 1.165) is 12.1 Å². The molecule has 1 atom stereocenters. The number of carbonyl (C=O) groups is 1. The second-order valence-corrected chi connectivity index (χ2v) is 4.54. The zero-order valence-electron chi connectivity index (χ0n) is 12.0. The van der Waals surface area contributed by atoms with Gasteiger partial charge >= 0.3 is 11.7 Å². The number of nitrogens with zero attached hydrogens (tertiary/aromatic N) is 1. The molecular formula is C13H17FN2O5. The van der Waals surface area contributed by atoms with Gasteiger partial charge in [0.15, 0.2) is 0 Å². The molecule has 1 unspecified atom stereocenters. The second kappa shape index (κ2) is 6.98. The van der Waals surface area contributed by atoms with Crippen molar-refractivity contribution in [3.8, 4) is 5.75 Å². The molecule has 0 aliphatic rings. The van der Waals surface area contributed by atoms with Gasteiger partial charge in [0, 0.05) is 18.6 Å². The summed E-state index contributed by atoms with van der Waals surface area (Å²) in [6.45, 7) is 1.77. The van der Waals surface area contributed by atoms with Crippen LogP contribution in [-0.2, 0) is 9.53 Å². The van der Waals surface area contributed by atoms with Gasteiger partial charge in [0.05, 0.1) is 18.6 Å². The van der Waals surface area contributed by atoms with Crippen molar-refractivity contribution in [1.29, 1.82) is 0 Å². The molecule has 1 aromatic carbocycles. The average molecular weight is 300 g/mol. The zero-order chi connectivity index (χ0) is 16.0. The Hall–Kier alpha value is -2.22. The van der Waals surface area contributed by atoms with Crippen LogP contribution in [0.25, 0.3) is 0 Å². The van der Waals surface area contributed by atoms with Gasteiger partial charge in [-0.3, -0.25) is 14.9 Å². The van der Waals surface area contributed by atoms with Gasteiger partial charge in [0.25, 0.3) is 0 Å². The first-order chi connectivity index (χ1) is 9.84. The number of methoxy groups -OCH3 is 1. The Bertz CT molecular complexity index is 537. The lowest BCUT2D eigenvalue weighted by Crippen LogP contribution is -2.49. The highest BCUT2D eigenvalue weighted by molar-refractivity contribution is 5.80. The molecule has 1 aromatic rings. The van der Waals surface area contributed by atoms with Gasteiger partial charge in [-0.1, -0.05) is 0 Å². The lowest BCUT2D eigenvalue weighted by molar-refractivity contribution is -0.387. The summed E-state index contributed by atoms with van der Waals surface area (Å²) in [5, 5.41) is 13.3. The van der Waals surface area contributed by atoms with E-state index in [4.69, 9.17) is 4.74 Å². The number of halogens is 1. The number of likely N-dealkylation sites (N-methyl/N-ethyl adjacent to an activating group) is 1. The topological polar surface area (TPSA) is 90.7 Å². The van der Waals surface area contributed by atoms with Crippen LogP contribution in [0, 0.1) is 15.9 Å². The van der Waals surface area contributed by atoms with Crippen LogP contribution in [0.2, 0.25) is 0 Å². The molecule has 0 aliphatic carbocycles. The molecule has 0 fully saturated rings. The first-order valence-electron chi connectivity index (χ1n) is 6.18. The average Bonchev–Trinajstić information content (AvgIpc) is 2.45. The SMILES string of the molecule is CNC(C)(CCOc1ccc([N+](=O)[O-])c(F)c1)C(=O)OC. The third-order valence-corrected chi connectivity index (χ3v) is 3.17. The van der Waals surface area contributed by atoms with E-state index in [1.165, 1.54) is 13.2 Å². The van der Waals surface area contributed by atoms with Gasteiger partial charge in [-0.2, -0.15) is 4.39 Å². The summed E-state index contributed by atoms with van der Waals surface area (Å²) < 4.78 is 23.4. The van der Waals surface area contributed by atoms with E-state index in [9.17, 15) is 19.3 Å². The second-order valence-electron chi connectivity index (χ2n) is 4.54. The van der Waals surface area contributed by atoms with Crippen molar-refractivity contribution in [3.05, 3.63) is 34.1 Å². The van der Waals surface area contributed by atoms with Crippen LogP contribution in [0.4, 0.5) is 10.1 Å². The van der Waals surface area contributed by atoms with Crippen molar-refractivity contribution < 1.29 is 23.6 Å². The fourth-order valence-electron chi connectivity index (χ4n) is 1.65. The minimum absolute atomic E-state index is 0.115. The number of nitrogens with one attached hydrogen (secondary N) is 1.